The lowest BCUT2D eigenvalue weighted by Gasteiger charge is -2.10. The van der Waals surface area contributed by atoms with Crippen LogP contribution in [0.2, 0.25) is 0 Å². The Balaban J connectivity index is 3.17. The largest absolute Gasteiger partial charge is 0.396 e. The second-order valence-corrected chi connectivity index (χ2v) is 14.0. The Morgan fingerprint density at radius 1 is 0.349 bits per heavy atom. The van der Waals surface area contributed by atoms with Crippen LogP contribution in [0.3, 0.4) is 0 Å². The normalized spacial score (nSPS) is 12.5. The highest BCUT2D eigenvalue weighted by molar-refractivity contribution is 4.81. The average Bonchev–Trinajstić information content (AvgIpc) is 3.01. The maximum absolute atomic E-state index is 10.3. The van der Waals surface area contributed by atoms with Gasteiger partial charge in [0.25, 0.3) is 0 Å². The molecular formula is C41H82O2. The Labute approximate surface area is 272 Å². The van der Waals surface area contributed by atoms with Gasteiger partial charge in [0.1, 0.15) is 0 Å². The number of aliphatic hydroxyl groups excluding tert-OH is 2. The van der Waals surface area contributed by atoms with E-state index in [0.717, 1.165) is 19.3 Å². The van der Waals surface area contributed by atoms with Crippen LogP contribution in [0.15, 0.2) is 12.2 Å². The van der Waals surface area contributed by atoms with Gasteiger partial charge >= 0.3 is 0 Å². The molecule has 2 N–H and O–H groups in total. The fourth-order valence-electron chi connectivity index (χ4n) is 6.45. The van der Waals surface area contributed by atoms with Crippen LogP contribution < -0.4 is 0 Å². The third kappa shape index (κ3) is 39.6. The van der Waals surface area contributed by atoms with Gasteiger partial charge in [-0.05, 0) is 44.9 Å². The lowest BCUT2D eigenvalue weighted by atomic mass is 10.0. The van der Waals surface area contributed by atoms with Crippen molar-refractivity contribution in [1.29, 1.82) is 0 Å². The zero-order valence-electron chi connectivity index (χ0n) is 29.8. The molecule has 0 aliphatic rings. The summed E-state index contributed by atoms with van der Waals surface area (Å²) < 4.78 is 0. The lowest BCUT2D eigenvalue weighted by molar-refractivity contribution is 0.147. The Hall–Kier alpha value is -0.340. The summed E-state index contributed by atoms with van der Waals surface area (Å²) >= 11 is 0. The van der Waals surface area contributed by atoms with E-state index in [4.69, 9.17) is 5.11 Å². The second kappa shape index (κ2) is 39.7. The fourth-order valence-corrected chi connectivity index (χ4v) is 6.45. The maximum atomic E-state index is 10.3. The third-order valence-corrected chi connectivity index (χ3v) is 9.49. The van der Waals surface area contributed by atoms with Crippen LogP contribution in [-0.2, 0) is 0 Å². The summed E-state index contributed by atoms with van der Waals surface area (Å²) in [5.74, 6) is 0. The molecule has 258 valence electrons. The molecule has 43 heavy (non-hydrogen) atoms. The van der Waals surface area contributed by atoms with Crippen LogP contribution in [-0.4, -0.2) is 22.9 Å². The summed E-state index contributed by atoms with van der Waals surface area (Å²) in [6.07, 6.45) is 53.1. The number of hydrogen-bond donors (Lipinski definition) is 2. The Morgan fingerprint density at radius 2 is 0.605 bits per heavy atom. The topological polar surface area (TPSA) is 40.5 Å². The van der Waals surface area contributed by atoms with Crippen molar-refractivity contribution < 1.29 is 10.2 Å². The van der Waals surface area contributed by atoms with E-state index >= 15 is 0 Å². The molecule has 2 nitrogen and oxygen atoms in total. The second-order valence-electron chi connectivity index (χ2n) is 14.0. The minimum absolute atomic E-state index is 0.0500. The SMILES string of the molecule is CCCCCCCCCCCCCCCCCCCCC(O)CCCCCCCCCC/C=C\CCCCCCCCO. The Kier molecular flexibility index (Phi) is 39.4. The summed E-state index contributed by atoms with van der Waals surface area (Å²) in [5, 5.41) is 19.1. The van der Waals surface area contributed by atoms with E-state index in [1.54, 1.807) is 0 Å². The van der Waals surface area contributed by atoms with Crippen molar-refractivity contribution in [2.75, 3.05) is 6.61 Å². The number of allylic oxidation sites excluding steroid dienone is 2. The van der Waals surface area contributed by atoms with Gasteiger partial charge in [-0.3, -0.25) is 0 Å². The highest BCUT2D eigenvalue weighted by Gasteiger charge is 2.04. The van der Waals surface area contributed by atoms with E-state index < -0.39 is 0 Å². The molecule has 1 atom stereocenters. The van der Waals surface area contributed by atoms with Gasteiger partial charge in [-0.25, -0.2) is 0 Å². The zero-order chi connectivity index (χ0) is 31.2. The predicted octanol–water partition coefficient (Wildman–Crippen LogP) is 14.0. The van der Waals surface area contributed by atoms with E-state index in [9.17, 15) is 5.11 Å². The van der Waals surface area contributed by atoms with Crippen LogP contribution in [0.4, 0.5) is 0 Å². The number of unbranched alkanes of at least 4 members (excludes halogenated alkanes) is 31. The molecule has 0 aromatic heterocycles. The van der Waals surface area contributed by atoms with Gasteiger partial charge in [0.2, 0.25) is 0 Å². The molecule has 0 saturated carbocycles. The molecule has 0 saturated heterocycles. The summed E-state index contributed by atoms with van der Waals surface area (Å²) in [6, 6.07) is 0. The lowest BCUT2D eigenvalue weighted by Crippen LogP contribution is -2.05. The van der Waals surface area contributed by atoms with Crippen molar-refractivity contribution in [2.24, 2.45) is 0 Å². The first-order valence-electron chi connectivity index (χ1n) is 20.2. The number of aliphatic hydroxyl groups is 2. The van der Waals surface area contributed by atoms with Crippen LogP contribution in [0, 0.1) is 0 Å². The van der Waals surface area contributed by atoms with E-state index in [2.05, 4.69) is 19.1 Å². The molecule has 0 aromatic rings. The molecular weight excluding hydrogens is 524 g/mol. The molecule has 2 heteroatoms. The van der Waals surface area contributed by atoms with E-state index in [-0.39, 0.29) is 6.10 Å². The summed E-state index contributed by atoms with van der Waals surface area (Å²) in [5.41, 5.74) is 0. The Bertz CT molecular complexity index is 502. The summed E-state index contributed by atoms with van der Waals surface area (Å²) in [4.78, 5) is 0. The van der Waals surface area contributed by atoms with Gasteiger partial charge in [0.15, 0.2) is 0 Å². The van der Waals surface area contributed by atoms with Gasteiger partial charge in [0.05, 0.1) is 6.10 Å². The molecule has 0 heterocycles. The minimum atomic E-state index is -0.0500. The van der Waals surface area contributed by atoms with Crippen molar-refractivity contribution in [3.8, 4) is 0 Å². The van der Waals surface area contributed by atoms with E-state index in [0.29, 0.717) is 6.61 Å². The summed E-state index contributed by atoms with van der Waals surface area (Å²) in [7, 11) is 0. The molecule has 1 unspecified atom stereocenters. The molecule has 0 aliphatic carbocycles. The average molecular weight is 607 g/mol. The monoisotopic (exact) mass is 607 g/mol. The van der Waals surface area contributed by atoms with Gasteiger partial charge < -0.3 is 10.2 Å². The molecule has 0 amide bonds. The van der Waals surface area contributed by atoms with Crippen LogP contribution in [0.1, 0.15) is 238 Å². The quantitative estimate of drug-likeness (QED) is 0.0542. The first kappa shape index (κ1) is 42.7. The van der Waals surface area contributed by atoms with Crippen LogP contribution in [0.25, 0.3) is 0 Å². The molecule has 0 spiro atoms. The molecule has 0 rings (SSSR count). The molecule has 0 radical (unpaired) electrons. The number of hydrogen-bond acceptors (Lipinski definition) is 2. The van der Waals surface area contributed by atoms with Crippen molar-refractivity contribution in [1.82, 2.24) is 0 Å². The van der Waals surface area contributed by atoms with Crippen LogP contribution in [0.5, 0.6) is 0 Å². The molecule has 0 fully saturated rings. The van der Waals surface area contributed by atoms with Crippen LogP contribution >= 0.6 is 0 Å². The highest BCUT2D eigenvalue weighted by atomic mass is 16.3. The van der Waals surface area contributed by atoms with Gasteiger partial charge in [0, 0.05) is 6.61 Å². The molecule has 0 aliphatic heterocycles. The van der Waals surface area contributed by atoms with Crippen molar-refractivity contribution in [2.45, 2.75) is 244 Å². The van der Waals surface area contributed by atoms with Gasteiger partial charge in [-0.1, -0.05) is 205 Å². The van der Waals surface area contributed by atoms with Crippen molar-refractivity contribution in [3.63, 3.8) is 0 Å². The summed E-state index contributed by atoms with van der Waals surface area (Å²) in [6.45, 7) is 2.65. The molecule has 0 aromatic carbocycles. The Morgan fingerprint density at radius 3 is 0.907 bits per heavy atom. The first-order chi connectivity index (χ1) is 21.3. The fraction of sp³-hybridized carbons (Fsp3) is 0.951. The van der Waals surface area contributed by atoms with Crippen molar-refractivity contribution >= 4 is 0 Å². The predicted molar refractivity (Wildman–Crippen MR) is 194 cm³/mol. The zero-order valence-corrected chi connectivity index (χ0v) is 29.8. The maximum Gasteiger partial charge on any atom is 0.0540 e. The van der Waals surface area contributed by atoms with E-state index in [1.807, 2.05) is 0 Å². The van der Waals surface area contributed by atoms with Gasteiger partial charge in [-0.2, -0.15) is 0 Å². The third-order valence-electron chi connectivity index (χ3n) is 9.49. The number of rotatable bonds is 38. The first-order valence-corrected chi connectivity index (χ1v) is 20.2. The molecule has 0 bridgehead atoms. The standard InChI is InChI=1S/C41H82O2/c1-2-3-4-5-6-7-8-9-10-11-14-17-20-23-26-29-32-35-38-41(43)39-36-33-30-27-24-21-18-15-12-13-16-19-22-25-28-31-34-37-40-42/h13,16,41-43H,2-12,14-15,17-40H2,1H3/b16-13-. The van der Waals surface area contributed by atoms with Gasteiger partial charge in [-0.15, -0.1) is 0 Å². The minimum Gasteiger partial charge on any atom is -0.396 e. The highest BCUT2D eigenvalue weighted by Crippen LogP contribution is 2.17. The van der Waals surface area contributed by atoms with Crippen molar-refractivity contribution in [3.05, 3.63) is 12.2 Å². The smallest absolute Gasteiger partial charge is 0.0540 e. The van der Waals surface area contributed by atoms with E-state index in [1.165, 1.54) is 212 Å².